The maximum atomic E-state index is 13.6. The monoisotopic (exact) mass is 322 g/mol. The number of benzene rings is 2. The fourth-order valence-corrected chi connectivity index (χ4v) is 1.95. The van der Waals surface area contributed by atoms with Gasteiger partial charge in [0.15, 0.2) is 0 Å². The van der Waals surface area contributed by atoms with Gasteiger partial charge in [-0.3, -0.25) is 4.79 Å². The summed E-state index contributed by atoms with van der Waals surface area (Å²) in [6.07, 6.45) is 0. The summed E-state index contributed by atoms with van der Waals surface area (Å²) in [5.74, 6) is -0.776. The van der Waals surface area contributed by atoms with Crippen LogP contribution in [0.25, 0.3) is 0 Å². The smallest absolute Gasteiger partial charge is 0.248 e. The highest BCUT2D eigenvalue weighted by molar-refractivity contribution is 9.10. The van der Waals surface area contributed by atoms with Crippen molar-refractivity contribution >= 4 is 27.5 Å². The van der Waals surface area contributed by atoms with Crippen molar-refractivity contribution in [3.8, 4) is 0 Å². The Morgan fingerprint density at radius 1 is 1.21 bits per heavy atom. The van der Waals surface area contributed by atoms with E-state index in [-0.39, 0.29) is 5.82 Å². The van der Waals surface area contributed by atoms with Gasteiger partial charge in [-0.25, -0.2) is 4.39 Å². The van der Waals surface area contributed by atoms with Crippen LogP contribution in [0.3, 0.4) is 0 Å². The van der Waals surface area contributed by atoms with Gasteiger partial charge < -0.3 is 11.1 Å². The van der Waals surface area contributed by atoms with E-state index in [1.165, 1.54) is 6.07 Å². The molecule has 0 aliphatic rings. The summed E-state index contributed by atoms with van der Waals surface area (Å²) < 4.78 is 14.3. The van der Waals surface area contributed by atoms with Crippen LogP contribution in [0.1, 0.15) is 15.9 Å². The molecule has 0 saturated heterocycles. The maximum Gasteiger partial charge on any atom is 0.248 e. The third-order valence-corrected chi connectivity index (χ3v) is 3.15. The Balaban J connectivity index is 2.04. The molecule has 98 valence electrons. The van der Waals surface area contributed by atoms with Crippen molar-refractivity contribution in [1.82, 2.24) is 0 Å². The van der Waals surface area contributed by atoms with Crippen molar-refractivity contribution in [2.24, 2.45) is 5.73 Å². The molecular formula is C14H12BrFN2O. The summed E-state index contributed by atoms with van der Waals surface area (Å²) in [6, 6.07) is 11.7. The van der Waals surface area contributed by atoms with E-state index in [1.54, 1.807) is 36.4 Å². The van der Waals surface area contributed by atoms with Crippen LogP contribution >= 0.6 is 15.9 Å². The van der Waals surface area contributed by atoms with Crippen molar-refractivity contribution in [2.45, 2.75) is 6.54 Å². The number of rotatable bonds is 4. The van der Waals surface area contributed by atoms with Gasteiger partial charge in [0.1, 0.15) is 5.82 Å². The van der Waals surface area contributed by atoms with E-state index in [2.05, 4.69) is 21.2 Å². The summed E-state index contributed by atoms with van der Waals surface area (Å²) in [5.41, 5.74) is 6.98. The van der Waals surface area contributed by atoms with Gasteiger partial charge >= 0.3 is 0 Å². The number of primary amides is 1. The van der Waals surface area contributed by atoms with Crippen LogP contribution < -0.4 is 11.1 Å². The van der Waals surface area contributed by atoms with E-state index in [9.17, 15) is 9.18 Å². The Bertz CT molecular complexity index is 599. The molecule has 0 unspecified atom stereocenters. The SMILES string of the molecule is NC(=O)c1ccc(CNc2ccc(Br)cc2F)cc1. The predicted molar refractivity (Wildman–Crippen MR) is 76.4 cm³/mol. The Kier molecular flexibility index (Phi) is 4.16. The van der Waals surface area contributed by atoms with E-state index in [1.807, 2.05) is 0 Å². The predicted octanol–water partition coefficient (Wildman–Crippen LogP) is 3.30. The van der Waals surface area contributed by atoms with E-state index in [4.69, 9.17) is 5.73 Å². The molecule has 0 aliphatic carbocycles. The first kappa shape index (κ1) is 13.5. The minimum absolute atomic E-state index is 0.317. The third kappa shape index (κ3) is 3.54. The number of carbonyl (C=O) groups is 1. The fraction of sp³-hybridized carbons (Fsp3) is 0.0714. The molecule has 0 bridgehead atoms. The lowest BCUT2D eigenvalue weighted by Crippen LogP contribution is -2.10. The summed E-state index contributed by atoms with van der Waals surface area (Å²) in [7, 11) is 0. The second kappa shape index (κ2) is 5.84. The lowest BCUT2D eigenvalue weighted by atomic mass is 10.1. The van der Waals surface area contributed by atoms with Gasteiger partial charge in [0.25, 0.3) is 0 Å². The molecule has 0 aromatic heterocycles. The number of carbonyl (C=O) groups excluding carboxylic acids is 1. The number of halogens is 2. The fourth-order valence-electron chi connectivity index (χ4n) is 1.62. The number of anilines is 1. The molecule has 3 N–H and O–H groups in total. The molecule has 0 spiro atoms. The normalized spacial score (nSPS) is 10.2. The van der Waals surface area contributed by atoms with Gasteiger partial charge in [-0.05, 0) is 35.9 Å². The second-order valence-corrected chi connectivity index (χ2v) is 4.95. The molecule has 0 radical (unpaired) electrons. The summed E-state index contributed by atoms with van der Waals surface area (Å²) in [4.78, 5) is 10.9. The molecule has 0 atom stereocenters. The van der Waals surface area contributed by atoms with Crippen LogP contribution in [0, 0.1) is 5.82 Å². The maximum absolute atomic E-state index is 13.6. The Hall–Kier alpha value is -1.88. The first-order valence-corrected chi connectivity index (χ1v) is 6.43. The zero-order chi connectivity index (χ0) is 13.8. The lowest BCUT2D eigenvalue weighted by molar-refractivity contribution is 0.100. The standard InChI is InChI=1S/C14H12BrFN2O/c15-11-5-6-13(12(16)7-11)18-8-9-1-3-10(4-2-9)14(17)19/h1-7,18H,8H2,(H2,17,19). The quantitative estimate of drug-likeness (QED) is 0.907. The van der Waals surface area contributed by atoms with Crippen molar-refractivity contribution in [3.63, 3.8) is 0 Å². The first-order chi connectivity index (χ1) is 9.06. The molecule has 19 heavy (non-hydrogen) atoms. The average Bonchev–Trinajstić information content (AvgIpc) is 2.38. The molecule has 0 heterocycles. The van der Waals surface area contributed by atoms with Gasteiger partial charge in [-0.15, -0.1) is 0 Å². The Labute approximate surface area is 118 Å². The van der Waals surface area contributed by atoms with Crippen LogP contribution in [0.5, 0.6) is 0 Å². The van der Waals surface area contributed by atoms with Gasteiger partial charge in [-0.1, -0.05) is 28.1 Å². The molecule has 2 aromatic carbocycles. The highest BCUT2D eigenvalue weighted by Crippen LogP contribution is 2.20. The van der Waals surface area contributed by atoms with E-state index < -0.39 is 5.91 Å². The highest BCUT2D eigenvalue weighted by Gasteiger charge is 2.03. The van der Waals surface area contributed by atoms with Crippen molar-refractivity contribution < 1.29 is 9.18 Å². The molecular weight excluding hydrogens is 311 g/mol. The van der Waals surface area contributed by atoms with Crippen LogP contribution in [0.4, 0.5) is 10.1 Å². The topological polar surface area (TPSA) is 55.1 Å². The summed E-state index contributed by atoms with van der Waals surface area (Å²) in [5, 5.41) is 2.99. The number of nitrogens with two attached hydrogens (primary N) is 1. The Morgan fingerprint density at radius 3 is 2.47 bits per heavy atom. The largest absolute Gasteiger partial charge is 0.379 e. The molecule has 0 aliphatic heterocycles. The van der Waals surface area contributed by atoms with Gasteiger partial charge in [0.05, 0.1) is 5.69 Å². The zero-order valence-corrected chi connectivity index (χ0v) is 11.6. The van der Waals surface area contributed by atoms with Gasteiger partial charge in [0, 0.05) is 16.6 Å². The summed E-state index contributed by atoms with van der Waals surface area (Å²) >= 11 is 3.20. The molecule has 3 nitrogen and oxygen atoms in total. The molecule has 2 aromatic rings. The minimum Gasteiger partial charge on any atom is -0.379 e. The van der Waals surface area contributed by atoms with Gasteiger partial charge in [-0.2, -0.15) is 0 Å². The number of hydrogen-bond donors (Lipinski definition) is 2. The Morgan fingerprint density at radius 2 is 1.89 bits per heavy atom. The molecule has 0 saturated carbocycles. The zero-order valence-electron chi connectivity index (χ0n) is 9.99. The molecule has 0 fully saturated rings. The number of amides is 1. The van der Waals surface area contributed by atoms with E-state index in [0.29, 0.717) is 22.3 Å². The molecule has 1 amide bonds. The van der Waals surface area contributed by atoms with Crippen LogP contribution in [0.2, 0.25) is 0 Å². The first-order valence-electron chi connectivity index (χ1n) is 5.64. The number of nitrogens with one attached hydrogen (secondary N) is 1. The second-order valence-electron chi connectivity index (χ2n) is 4.04. The van der Waals surface area contributed by atoms with Crippen LogP contribution in [-0.2, 0) is 6.54 Å². The minimum atomic E-state index is -0.460. The third-order valence-electron chi connectivity index (χ3n) is 2.65. The highest BCUT2D eigenvalue weighted by atomic mass is 79.9. The van der Waals surface area contributed by atoms with E-state index in [0.717, 1.165) is 5.56 Å². The van der Waals surface area contributed by atoms with E-state index >= 15 is 0 Å². The summed E-state index contributed by atoms with van der Waals surface area (Å²) in [6.45, 7) is 0.470. The van der Waals surface area contributed by atoms with Crippen LogP contribution in [-0.4, -0.2) is 5.91 Å². The molecule has 5 heteroatoms. The average molecular weight is 323 g/mol. The van der Waals surface area contributed by atoms with Crippen molar-refractivity contribution in [3.05, 3.63) is 63.9 Å². The van der Waals surface area contributed by atoms with Gasteiger partial charge in [0.2, 0.25) is 5.91 Å². The van der Waals surface area contributed by atoms with Crippen LogP contribution in [0.15, 0.2) is 46.9 Å². The number of hydrogen-bond acceptors (Lipinski definition) is 2. The van der Waals surface area contributed by atoms with Crippen molar-refractivity contribution in [1.29, 1.82) is 0 Å². The van der Waals surface area contributed by atoms with Crippen molar-refractivity contribution in [2.75, 3.05) is 5.32 Å². The molecule has 2 rings (SSSR count). The lowest BCUT2D eigenvalue weighted by Gasteiger charge is -2.08.